The van der Waals surface area contributed by atoms with Crippen LogP contribution in [-0.4, -0.2) is 40.2 Å². The van der Waals surface area contributed by atoms with Crippen molar-refractivity contribution in [1.29, 1.82) is 5.26 Å². The minimum absolute atomic E-state index is 0.197. The van der Waals surface area contributed by atoms with Gasteiger partial charge in [-0.25, -0.2) is 4.68 Å². The molecule has 1 aromatic heterocycles. The van der Waals surface area contributed by atoms with Crippen LogP contribution < -0.4 is 4.74 Å². The summed E-state index contributed by atoms with van der Waals surface area (Å²) in [5.41, 5.74) is 3.72. The molecule has 0 amide bonds. The molecule has 142 valence electrons. The molecule has 0 saturated carbocycles. The van der Waals surface area contributed by atoms with Crippen LogP contribution in [0.2, 0.25) is 0 Å². The summed E-state index contributed by atoms with van der Waals surface area (Å²) in [6, 6.07) is 17.7. The van der Waals surface area contributed by atoms with Gasteiger partial charge in [-0.2, -0.15) is 5.26 Å². The Morgan fingerprint density at radius 3 is 2.54 bits per heavy atom. The SMILES string of the molecule is COc1ccc(CN2CCO[C@H]2c2cn(Cc3ccc(C#N)cc3)nn2)cc1. The number of aromatic nitrogens is 3. The Morgan fingerprint density at radius 1 is 1.11 bits per heavy atom. The summed E-state index contributed by atoms with van der Waals surface area (Å²) in [5, 5.41) is 17.5. The molecule has 0 unspecified atom stereocenters. The third-order valence-electron chi connectivity index (χ3n) is 4.77. The number of methoxy groups -OCH3 is 1. The first kappa shape index (κ1) is 18.2. The lowest BCUT2D eigenvalue weighted by molar-refractivity contribution is 0.0252. The highest BCUT2D eigenvalue weighted by atomic mass is 16.5. The second-order valence-electron chi connectivity index (χ2n) is 6.69. The first-order valence-electron chi connectivity index (χ1n) is 9.13. The molecule has 3 aromatic rings. The van der Waals surface area contributed by atoms with Crippen LogP contribution in [0, 0.1) is 11.3 Å². The molecular weight excluding hydrogens is 354 g/mol. The van der Waals surface area contributed by atoms with Crippen molar-refractivity contribution in [3.05, 3.63) is 77.1 Å². The number of hydrogen-bond acceptors (Lipinski definition) is 6. The number of benzene rings is 2. The van der Waals surface area contributed by atoms with E-state index >= 15 is 0 Å². The van der Waals surface area contributed by atoms with E-state index in [0.29, 0.717) is 18.7 Å². The molecule has 2 aromatic carbocycles. The van der Waals surface area contributed by atoms with Crippen molar-refractivity contribution in [1.82, 2.24) is 19.9 Å². The van der Waals surface area contributed by atoms with Crippen LogP contribution in [0.25, 0.3) is 0 Å². The molecule has 7 nitrogen and oxygen atoms in total. The highest BCUT2D eigenvalue weighted by Gasteiger charge is 2.29. The van der Waals surface area contributed by atoms with Gasteiger partial charge < -0.3 is 9.47 Å². The summed E-state index contributed by atoms with van der Waals surface area (Å²) >= 11 is 0. The van der Waals surface area contributed by atoms with Crippen LogP contribution in [-0.2, 0) is 17.8 Å². The number of nitriles is 1. The summed E-state index contributed by atoms with van der Waals surface area (Å²) in [7, 11) is 1.67. The van der Waals surface area contributed by atoms with Gasteiger partial charge in [-0.3, -0.25) is 4.90 Å². The van der Waals surface area contributed by atoms with Crippen molar-refractivity contribution >= 4 is 0 Å². The lowest BCUT2D eigenvalue weighted by atomic mass is 10.1. The van der Waals surface area contributed by atoms with Gasteiger partial charge in [-0.05, 0) is 35.4 Å². The van der Waals surface area contributed by atoms with E-state index in [9.17, 15) is 0 Å². The van der Waals surface area contributed by atoms with E-state index in [1.807, 2.05) is 42.6 Å². The Labute approximate surface area is 163 Å². The van der Waals surface area contributed by atoms with Crippen molar-refractivity contribution in [3.8, 4) is 11.8 Å². The standard InChI is InChI=1S/C21H21N5O2/c1-27-19-8-6-17(7-9-19)13-25-10-11-28-21(25)20-15-26(24-23-20)14-18-4-2-16(12-22)3-5-18/h2-9,15,21H,10-11,13-14H2,1H3/t21-/m0/s1. The monoisotopic (exact) mass is 375 g/mol. The number of nitrogens with zero attached hydrogens (tertiary/aromatic N) is 5. The number of hydrogen-bond donors (Lipinski definition) is 0. The van der Waals surface area contributed by atoms with E-state index in [1.165, 1.54) is 5.56 Å². The fourth-order valence-electron chi connectivity index (χ4n) is 3.28. The van der Waals surface area contributed by atoms with Crippen molar-refractivity contribution in [2.24, 2.45) is 0 Å². The normalized spacial score (nSPS) is 16.8. The molecule has 1 fully saturated rings. The second kappa shape index (κ2) is 8.21. The van der Waals surface area contributed by atoms with Crippen molar-refractivity contribution < 1.29 is 9.47 Å². The summed E-state index contributed by atoms with van der Waals surface area (Å²) in [6.45, 7) is 2.89. The highest BCUT2D eigenvalue weighted by Crippen LogP contribution is 2.27. The van der Waals surface area contributed by atoms with Crippen LogP contribution >= 0.6 is 0 Å². The predicted molar refractivity (Wildman–Crippen MR) is 102 cm³/mol. The second-order valence-corrected chi connectivity index (χ2v) is 6.69. The van der Waals surface area contributed by atoms with E-state index in [0.717, 1.165) is 30.1 Å². The molecular formula is C21H21N5O2. The first-order valence-corrected chi connectivity index (χ1v) is 9.13. The van der Waals surface area contributed by atoms with Crippen LogP contribution in [0.15, 0.2) is 54.7 Å². The van der Waals surface area contributed by atoms with Gasteiger partial charge in [-0.1, -0.05) is 29.5 Å². The lowest BCUT2D eigenvalue weighted by Gasteiger charge is -2.21. The molecule has 0 radical (unpaired) electrons. The van der Waals surface area contributed by atoms with E-state index in [2.05, 4.69) is 33.4 Å². The van der Waals surface area contributed by atoms with Crippen LogP contribution in [0.4, 0.5) is 0 Å². The van der Waals surface area contributed by atoms with Gasteiger partial charge in [0.2, 0.25) is 0 Å². The van der Waals surface area contributed by atoms with E-state index in [1.54, 1.807) is 11.8 Å². The molecule has 1 saturated heterocycles. The maximum Gasteiger partial charge on any atom is 0.157 e. The average molecular weight is 375 g/mol. The van der Waals surface area contributed by atoms with Gasteiger partial charge in [0.05, 0.1) is 38.1 Å². The van der Waals surface area contributed by atoms with Crippen molar-refractivity contribution in [2.45, 2.75) is 19.3 Å². The summed E-state index contributed by atoms with van der Waals surface area (Å²) in [6.07, 6.45) is 1.73. The summed E-state index contributed by atoms with van der Waals surface area (Å²) in [4.78, 5) is 2.25. The molecule has 7 heteroatoms. The molecule has 1 atom stereocenters. The highest BCUT2D eigenvalue weighted by molar-refractivity contribution is 5.31. The number of rotatable bonds is 6. The Balaban J connectivity index is 1.43. The minimum atomic E-state index is -0.197. The quantitative estimate of drug-likeness (QED) is 0.659. The molecule has 1 aliphatic rings. The number of ether oxygens (including phenoxy) is 2. The molecule has 2 heterocycles. The van der Waals surface area contributed by atoms with Gasteiger partial charge in [0, 0.05) is 13.1 Å². The van der Waals surface area contributed by atoms with Crippen LogP contribution in [0.1, 0.15) is 28.6 Å². The Kier molecular flexibility index (Phi) is 5.33. The maximum absolute atomic E-state index is 8.90. The third kappa shape index (κ3) is 4.03. The smallest absolute Gasteiger partial charge is 0.157 e. The summed E-state index contributed by atoms with van der Waals surface area (Å²) in [5.74, 6) is 0.851. The molecule has 0 bridgehead atoms. The fraction of sp³-hybridized carbons (Fsp3) is 0.286. The van der Waals surface area contributed by atoms with Crippen LogP contribution in [0.5, 0.6) is 5.75 Å². The summed E-state index contributed by atoms with van der Waals surface area (Å²) < 4.78 is 12.9. The molecule has 28 heavy (non-hydrogen) atoms. The Hall–Kier alpha value is -3.21. The van der Waals surface area contributed by atoms with Crippen molar-refractivity contribution in [2.75, 3.05) is 20.3 Å². The van der Waals surface area contributed by atoms with Gasteiger partial charge in [0.15, 0.2) is 6.23 Å². The molecule has 0 aliphatic carbocycles. The zero-order valence-corrected chi connectivity index (χ0v) is 15.7. The zero-order chi connectivity index (χ0) is 19.3. The van der Waals surface area contributed by atoms with Gasteiger partial charge in [0.1, 0.15) is 11.4 Å². The van der Waals surface area contributed by atoms with E-state index in [-0.39, 0.29) is 6.23 Å². The molecule has 4 rings (SSSR count). The largest absolute Gasteiger partial charge is 0.497 e. The van der Waals surface area contributed by atoms with Gasteiger partial charge in [0.25, 0.3) is 0 Å². The third-order valence-corrected chi connectivity index (χ3v) is 4.77. The first-order chi connectivity index (χ1) is 13.7. The van der Waals surface area contributed by atoms with Gasteiger partial charge >= 0.3 is 0 Å². The lowest BCUT2D eigenvalue weighted by Crippen LogP contribution is -2.23. The van der Waals surface area contributed by atoms with E-state index in [4.69, 9.17) is 14.7 Å². The predicted octanol–water partition coefficient (Wildman–Crippen LogP) is 2.74. The van der Waals surface area contributed by atoms with E-state index < -0.39 is 0 Å². The minimum Gasteiger partial charge on any atom is -0.497 e. The Bertz CT molecular complexity index is 960. The Morgan fingerprint density at radius 2 is 1.82 bits per heavy atom. The molecule has 0 spiro atoms. The topological polar surface area (TPSA) is 76.2 Å². The molecule has 1 aliphatic heterocycles. The molecule has 0 N–H and O–H groups in total. The van der Waals surface area contributed by atoms with Crippen LogP contribution in [0.3, 0.4) is 0 Å². The average Bonchev–Trinajstić information content (AvgIpc) is 3.38. The van der Waals surface area contributed by atoms with Gasteiger partial charge in [-0.15, -0.1) is 5.10 Å². The van der Waals surface area contributed by atoms with Crippen molar-refractivity contribution in [3.63, 3.8) is 0 Å². The zero-order valence-electron chi connectivity index (χ0n) is 15.7. The fourth-order valence-corrected chi connectivity index (χ4v) is 3.28. The maximum atomic E-state index is 8.90.